The molecule has 1 heterocycles. The van der Waals surface area contributed by atoms with Crippen LogP contribution in [0.4, 0.5) is 0 Å². The molecular weight excluding hydrogens is 222 g/mol. The Kier molecular flexibility index (Phi) is 4.91. The van der Waals surface area contributed by atoms with Crippen LogP contribution >= 0.6 is 0 Å². The molecule has 1 aromatic heterocycles. The highest BCUT2D eigenvalue weighted by atomic mass is 16.5. The molecule has 2 aromatic rings. The Hall–Kier alpha value is -1.67. The highest BCUT2D eigenvalue weighted by molar-refractivity contribution is 5.25. The maximum absolute atomic E-state index is 5.99. The Morgan fingerprint density at radius 3 is 2.50 bits per heavy atom. The standard InChI is InChI=1S/C16H19NO/c1-2-3-13-18-16(14-9-5-4-6-10-14)15-11-7-8-12-17-15/h4-12,16H,2-3,13H2,1H3. The highest BCUT2D eigenvalue weighted by Gasteiger charge is 2.14. The molecule has 0 saturated heterocycles. The van der Waals surface area contributed by atoms with Gasteiger partial charge in [0.15, 0.2) is 0 Å². The van der Waals surface area contributed by atoms with Crippen LogP contribution in [0.3, 0.4) is 0 Å². The largest absolute Gasteiger partial charge is 0.367 e. The maximum atomic E-state index is 5.99. The average molecular weight is 241 g/mol. The topological polar surface area (TPSA) is 22.1 Å². The second kappa shape index (κ2) is 6.92. The van der Waals surface area contributed by atoms with Gasteiger partial charge in [-0.15, -0.1) is 0 Å². The van der Waals surface area contributed by atoms with E-state index in [-0.39, 0.29) is 6.10 Å². The zero-order valence-electron chi connectivity index (χ0n) is 10.8. The molecule has 2 nitrogen and oxygen atoms in total. The lowest BCUT2D eigenvalue weighted by Gasteiger charge is -2.17. The highest BCUT2D eigenvalue weighted by Crippen LogP contribution is 2.24. The predicted molar refractivity (Wildman–Crippen MR) is 73.4 cm³/mol. The fourth-order valence-corrected chi connectivity index (χ4v) is 1.86. The molecule has 0 radical (unpaired) electrons. The summed E-state index contributed by atoms with van der Waals surface area (Å²) < 4.78 is 5.99. The van der Waals surface area contributed by atoms with Crippen molar-refractivity contribution in [2.45, 2.75) is 25.9 Å². The third kappa shape index (κ3) is 3.41. The van der Waals surface area contributed by atoms with Crippen molar-refractivity contribution in [2.75, 3.05) is 6.61 Å². The van der Waals surface area contributed by atoms with Gasteiger partial charge in [0.05, 0.1) is 5.69 Å². The van der Waals surface area contributed by atoms with E-state index in [0.29, 0.717) is 0 Å². The SMILES string of the molecule is CCCCOC(c1ccccc1)c1ccccn1. The summed E-state index contributed by atoms with van der Waals surface area (Å²) in [6.45, 7) is 2.94. The van der Waals surface area contributed by atoms with E-state index in [1.165, 1.54) is 0 Å². The molecule has 1 atom stereocenters. The predicted octanol–water partition coefficient (Wildman–Crippen LogP) is 3.99. The normalized spacial score (nSPS) is 12.3. The van der Waals surface area contributed by atoms with E-state index in [4.69, 9.17) is 4.74 Å². The van der Waals surface area contributed by atoms with Gasteiger partial charge in [0.25, 0.3) is 0 Å². The van der Waals surface area contributed by atoms with Crippen LogP contribution in [-0.2, 0) is 4.74 Å². The van der Waals surface area contributed by atoms with Gasteiger partial charge in [0.1, 0.15) is 6.10 Å². The Morgan fingerprint density at radius 1 is 1.06 bits per heavy atom. The van der Waals surface area contributed by atoms with Crippen LogP contribution in [0, 0.1) is 0 Å². The molecule has 0 fully saturated rings. The smallest absolute Gasteiger partial charge is 0.124 e. The number of hydrogen-bond donors (Lipinski definition) is 0. The van der Waals surface area contributed by atoms with Crippen LogP contribution in [0.15, 0.2) is 54.7 Å². The summed E-state index contributed by atoms with van der Waals surface area (Å²) in [5.74, 6) is 0. The van der Waals surface area contributed by atoms with Gasteiger partial charge in [0, 0.05) is 12.8 Å². The van der Waals surface area contributed by atoms with Gasteiger partial charge in [0.2, 0.25) is 0 Å². The number of rotatable bonds is 6. The fraction of sp³-hybridized carbons (Fsp3) is 0.312. The third-order valence-electron chi connectivity index (χ3n) is 2.84. The Bertz CT molecular complexity index is 402. The van der Waals surface area contributed by atoms with Crippen LogP contribution in [0.5, 0.6) is 0 Å². The summed E-state index contributed by atoms with van der Waals surface area (Å²) in [5, 5.41) is 0. The van der Waals surface area contributed by atoms with Crippen molar-refractivity contribution in [1.82, 2.24) is 4.98 Å². The third-order valence-corrected chi connectivity index (χ3v) is 2.84. The molecule has 1 unspecified atom stereocenters. The second-order valence-electron chi connectivity index (χ2n) is 4.27. The molecule has 0 amide bonds. The molecular formula is C16H19NO. The Morgan fingerprint density at radius 2 is 1.83 bits per heavy atom. The number of aromatic nitrogens is 1. The minimum absolute atomic E-state index is 0.0565. The van der Waals surface area contributed by atoms with Crippen LogP contribution in [0.25, 0.3) is 0 Å². The molecule has 0 aliphatic heterocycles. The van der Waals surface area contributed by atoms with Crippen molar-refractivity contribution in [2.24, 2.45) is 0 Å². The van der Waals surface area contributed by atoms with Crippen molar-refractivity contribution >= 4 is 0 Å². The first kappa shape index (κ1) is 12.8. The van der Waals surface area contributed by atoms with Gasteiger partial charge in [-0.05, 0) is 24.1 Å². The molecule has 0 N–H and O–H groups in total. The van der Waals surface area contributed by atoms with Crippen molar-refractivity contribution in [1.29, 1.82) is 0 Å². The first-order valence-corrected chi connectivity index (χ1v) is 6.49. The molecule has 0 spiro atoms. The summed E-state index contributed by atoms with van der Waals surface area (Å²) >= 11 is 0. The monoisotopic (exact) mass is 241 g/mol. The number of ether oxygens (including phenoxy) is 1. The van der Waals surface area contributed by atoms with Crippen LogP contribution in [0.1, 0.15) is 37.1 Å². The van der Waals surface area contributed by atoms with Gasteiger partial charge >= 0.3 is 0 Å². The van der Waals surface area contributed by atoms with Crippen molar-refractivity contribution in [3.63, 3.8) is 0 Å². The van der Waals surface area contributed by atoms with Crippen molar-refractivity contribution in [3.8, 4) is 0 Å². The molecule has 94 valence electrons. The van der Waals surface area contributed by atoms with Crippen LogP contribution in [-0.4, -0.2) is 11.6 Å². The quantitative estimate of drug-likeness (QED) is 0.713. The Labute approximate surface area is 109 Å². The van der Waals surface area contributed by atoms with Crippen LogP contribution < -0.4 is 0 Å². The van der Waals surface area contributed by atoms with E-state index in [1.54, 1.807) is 0 Å². The number of benzene rings is 1. The summed E-state index contributed by atoms with van der Waals surface area (Å²) in [7, 11) is 0. The first-order valence-electron chi connectivity index (χ1n) is 6.49. The van der Waals surface area contributed by atoms with Gasteiger partial charge < -0.3 is 4.74 Å². The molecule has 0 aliphatic carbocycles. The minimum atomic E-state index is -0.0565. The average Bonchev–Trinajstić information content (AvgIpc) is 2.46. The van der Waals surface area contributed by atoms with Gasteiger partial charge in [-0.25, -0.2) is 0 Å². The molecule has 1 aromatic carbocycles. The van der Waals surface area contributed by atoms with Gasteiger partial charge in [-0.1, -0.05) is 49.7 Å². The Balaban J connectivity index is 2.18. The van der Waals surface area contributed by atoms with E-state index in [1.807, 2.05) is 42.6 Å². The lowest BCUT2D eigenvalue weighted by atomic mass is 10.1. The van der Waals surface area contributed by atoms with Gasteiger partial charge in [-0.3, -0.25) is 4.98 Å². The molecule has 2 heteroatoms. The summed E-state index contributed by atoms with van der Waals surface area (Å²) in [5.41, 5.74) is 2.13. The van der Waals surface area contributed by atoms with Crippen molar-refractivity contribution in [3.05, 3.63) is 66.0 Å². The van der Waals surface area contributed by atoms with E-state index in [2.05, 4.69) is 24.0 Å². The van der Waals surface area contributed by atoms with Crippen LogP contribution in [0.2, 0.25) is 0 Å². The van der Waals surface area contributed by atoms with E-state index < -0.39 is 0 Å². The molecule has 0 saturated carbocycles. The molecule has 0 bridgehead atoms. The summed E-state index contributed by atoms with van der Waals surface area (Å²) in [4.78, 5) is 4.41. The van der Waals surface area contributed by atoms with Crippen molar-refractivity contribution < 1.29 is 4.74 Å². The summed E-state index contributed by atoms with van der Waals surface area (Å²) in [6, 6.07) is 16.2. The fourth-order valence-electron chi connectivity index (χ4n) is 1.86. The number of hydrogen-bond acceptors (Lipinski definition) is 2. The lowest BCUT2D eigenvalue weighted by molar-refractivity contribution is 0.0751. The zero-order valence-corrected chi connectivity index (χ0v) is 10.8. The molecule has 0 aliphatic rings. The summed E-state index contributed by atoms with van der Waals surface area (Å²) in [6.07, 6.45) is 3.98. The number of nitrogens with zero attached hydrogens (tertiary/aromatic N) is 1. The second-order valence-corrected chi connectivity index (χ2v) is 4.27. The maximum Gasteiger partial charge on any atom is 0.124 e. The van der Waals surface area contributed by atoms with E-state index in [0.717, 1.165) is 30.7 Å². The van der Waals surface area contributed by atoms with Gasteiger partial charge in [-0.2, -0.15) is 0 Å². The zero-order chi connectivity index (χ0) is 12.6. The minimum Gasteiger partial charge on any atom is -0.367 e. The van der Waals surface area contributed by atoms with E-state index >= 15 is 0 Å². The molecule has 2 rings (SSSR count). The number of pyridine rings is 1. The first-order chi connectivity index (χ1) is 8.92. The van der Waals surface area contributed by atoms with E-state index in [9.17, 15) is 0 Å². The number of unbranched alkanes of at least 4 members (excludes halogenated alkanes) is 1. The lowest BCUT2D eigenvalue weighted by Crippen LogP contribution is -2.08. The molecule has 18 heavy (non-hydrogen) atoms.